The van der Waals surface area contributed by atoms with Crippen LogP contribution >= 0.6 is 0 Å². The molecule has 1 spiro atoms. The average molecular weight is 343 g/mol. The topological polar surface area (TPSA) is 63.2 Å². The average Bonchev–Trinajstić information content (AvgIpc) is 3.34. The fourth-order valence-electron chi connectivity index (χ4n) is 4.45. The van der Waals surface area contributed by atoms with Crippen LogP contribution in [0.4, 0.5) is 4.39 Å². The lowest BCUT2D eigenvalue weighted by Gasteiger charge is -2.30. The van der Waals surface area contributed by atoms with Gasteiger partial charge in [0, 0.05) is 17.9 Å². The number of Topliss-reactive ketones (excluding diaryl/α,β-unsaturated/α-hetero) is 1. The number of fused-ring (bicyclic) bond motifs is 1. The summed E-state index contributed by atoms with van der Waals surface area (Å²) in [4.78, 5) is 36.4. The highest BCUT2D eigenvalue weighted by molar-refractivity contribution is 6.03. The summed E-state index contributed by atoms with van der Waals surface area (Å²) in [6, 6.07) is 2.96. The van der Waals surface area contributed by atoms with Crippen molar-refractivity contribution in [3.63, 3.8) is 0 Å². The van der Waals surface area contributed by atoms with Crippen LogP contribution in [0.5, 0.6) is 0 Å². The molecule has 2 atom stereocenters. The summed E-state index contributed by atoms with van der Waals surface area (Å²) in [7, 11) is 0. The Hall–Kier alpha value is -2.04. The quantitative estimate of drug-likeness (QED) is 0.858. The second kappa shape index (κ2) is 5.75. The molecule has 25 heavy (non-hydrogen) atoms. The van der Waals surface area contributed by atoms with Crippen LogP contribution in [0.1, 0.15) is 60.0 Å². The summed E-state index contributed by atoms with van der Waals surface area (Å²) in [5, 5.41) is 2.52. The molecular formula is C20H22FNO3. The van der Waals surface area contributed by atoms with E-state index >= 15 is 0 Å². The number of nitrogens with one attached hydrogen (secondary N) is 1. The van der Waals surface area contributed by atoms with Crippen LogP contribution in [0, 0.1) is 30.0 Å². The first kappa shape index (κ1) is 16.4. The van der Waals surface area contributed by atoms with Gasteiger partial charge in [0.15, 0.2) is 5.78 Å². The predicted octanol–water partition coefficient (Wildman–Crippen LogP) is 3.10. The summed E-state index contributed by atoms with van der Waals surface area (Å²) in [5.41, 5.74) is 1.73. The fourth-order valence-corrected chi connectivity index (χ4v) is 4.45. The molecule has 2 fully saturated rings. The molecule has 0 aromatic heterocycles. The van der Waals surface area contributed by atoms with Gasteiger partial charge in [-0.2, -0.15) is 0 Å². The molecule has 2 amide bonds. The number of piperidine rings is 1. The first-order valence-electron chi connectivity index (χ1n) is 9.06. The second-order valence-corrected chi connectivity index (χ2v) is 7.97. The Bertz CT molecular complexity index is 781. The second-order valence-electron chi connectivity index (χ2n) is 7.97. The molecule has 2 aliphatic carbocycles. The van der Waals surface area contributed by atoms with Crippen LogP contribution in [0.25, 0.3) is 0 Å². The minimum absolute atomic E-state index is 0.0660. The molecule has 1 saturated heterocycles. The van der Waals surface area contributed by atoms with Gasteiger partial charge in [-0.3, -0.25) is 19.7 Å². The monoisotopic (exact) mass is 343 g/mol. The molecule has 0 bridgehead atoms. The third-order valence-corrected chi connectivity index (χ3v) is 6.30. The Kier molecular flexibility index (Phi) is 3.78. The number of ketones is 1. The van der Waals surface area contributed by atoms with E-state index in [1.165, 1.54) is 6.07 Å². The van der Waals surface area contributed by atoms with Gasteiger partial charge < -0.3 is 0 Å². The van der Waals surface area contributed by atoms with E-state index in [9.17, 15) is 18.8 Å². The van der Waals surface area contributed by atoms with Crippen molar-refractivity contribution in [2.45, 2.75) is 51.9 Å². The number of hydrogen-bond acceptors (Lipinski definition) is 3. The Morgan fingerprint density at radius 3 is 2.64 bits per heavy atom. The molecule has 1 aromatic rings. The molecule has 1 saturated carbocycles. The number of rotatable bonds is 3. The Morgan fingerprint density at radius 2 is 1.92 bits per heavy atom. The first-order chi connectivity index (χ1) is 11.9. The summed E-state index contributed by atoms with van der Waals surface area (Å²) >= 11 is 0. The SMILES string of the molecule is Cc1c(F)ccc2c1CC(CCC1CC3(CC3)C(=O)NC1=O)CC2=O. The maximum Gasteiger partial charge on any atom is 0.232 e. The molecule has 132 valence electrons. The van der Waals surface area contributed by atoms with Crippen LogP contribution in [0.2, 0.25) is 0 Å². The molecule has 1 heterocycles. The lowest BCUT2D eigenvalue weighted by molar-refractivity contribution is -0.141. The predicted molar refractivity (Wildman–Crippen MR) is 89.4 cm³/mol. The van der Waals surface area contributed by atoms with Crippen molar-refractivity contribution in [2.24, 2.45) is 17.3 Å². The van der Waals surface area contributed by atoms with Crippen molar-refractivity contribution in [1.29, 1.82) is 0 Å². The number of halogens is 1. The maximum absolute atomic E-state index is 13.8. The number of hydrogen-bond donors (Lipinski definition) is 1. The van der Waals surface area contributed by atoms with E-state index in [1.54, 1.807) is 13.0 Å². The Balaban J connectivity index is 1.44. The Labute approximate surface area is 146 Å². The molecule has 4 rings (SSSR count). The van der Waals surface area contributed by atoms with E-state index in [0.29, 0.717) is 36.8 Å². The number of amides is 2. The van der Waals surface area contributed by atoms with Crippen molar-refractivity contribution < 1.29 is 18.8 Å². The zero-order chi connectivity index (χ0) is 17.8. The van der Waals surface area contributed by atoms with Crippen molar-refractivity contribution in [3.05, 3.63) is 34.6 Å². The third kappa shape index (κ3) is 2.79. The molecule has 1 N–H and O–H groups in total. The summed E-state index contributed by atoms with van der Waals surface area (Å²) in [6.45, 7) is 1.72. The molecule has 0 radical (unpaired) electrons. The van der Waals surface area contributed by atoms with Gasteiger partial charge in [0.1, 0.15) is 5.82 Å². The minimum Gasteiger partial charge on any atom is -0.296 e. The van der Waals surface area contributed by atoms with Crippen molar-refractivity contribution >= 4 is 17.6 Å². The van der Waals surface area contributed by atoms with E-state index in [4.69, 9.17) is 0 Å². The first-order valence-corrected chi connectivity index (χ1v) is 9.06. The largest absolute Gasteiger partial charge is 0.296 e. The zero-order valence-corrected chi connectivity index (χ0v) is 14.4. The van der Waals surface area contributed by atoms with Crippen LogP contribution in [-0.4, -0.2) is 17.6 Å². The Morgan fingerprint density at radius 1 is 1.16 bits per heavy atom. The van der Waals surface area contributed by atoms with Crippen LogP contribution in [-0.2, 0) is 16.0 Å². The van der Waals surface area contributed by atoms with E-state index < -0.39 is 0 Å². The van der Waals surface area contributed by atoms with Gasteiger partial charge in [0.2, 0.25) is 11.8 Å². The van der Waals surface area contributed by atoms with Gasteiger partial charge >= 0.3 is 0 Å². The number of carbonyl (C=O) groups excluding carboxylic acids is 3. The van der Waals surface area contributed by atoms with Gasteiger partial charge in [-0.25, -0.2) is 4.39 Å². The smallest absolute Gasteiger partial charge is 0.232 e. The normalized spacial score (nSPS) is 27.2. The van der Waals surface area contributed by atoms with Crippen LogP contribution in [0.3, 0.4) is 0 Å². The van der Waals surface area contributed by atoms with Crippen LogP contribution in [0.15, 0.2) is 12.1 Å². The highest BCUT2D eigenvalue weighted by atomic mass is 19.1. The lowest BCUT2D eigenvalue weighted by atomic mass is 9.76. The van der Waals surface area contributed by atoms with Gasteiger partial charge in [-0.05, 0) is 74.6 Å². The fraction of sp³-hybridized carbons (Fsp3) is 0.550. The van der Waals surface area contributed by atoms with E-state index in [0.717, 1.165) is 24.8 Å². The highest BCUT2D eigenvalue weighted by Crippen LogP contribution is 2.53. The molecule has 1 aliphatic heterocycles. The lowest BCUT2D eigenvalue weighted by Crippen LogP contribution is -2.47. The van der Waals surface area contributed by atoms with Gasteiger partial charge in [0.25, 0.3) is 0 Å². The molecule has 2 unspecified atom stereocenters. The van der Waals surface area contributed by atoms with Crippen LogP contribution < -0.4 is 5.32 Å². The van der Waals surface area contributed by atoms with Crippen molar-refractivity contribution in [3.8, 4) is 0 Å². The molecule has 4 nitrogen and oxygen atoms in total. The number of benzene rings is 1. The molecule has 3 aliphatic rings. The van der Waals surface area contributed by atoms with E-state index in [1.807, 2.05) is 0 Å². The van der Waals surface area contributed by atoms with Gasteiger partial charge in [-0.15, -0.1) is 0 Å². The summed E-state index contributed by atoms with van der Waals surface area (Å²) in [6.07, 6.45) is 4.96. The van der Waals surface area contributed by atoms with Gasteiger partial charge in [-0.1, -0.05) is 0 Å². The summed E-state index contributed by atoms with van der Waals surface area (Å²) in [5.74, 6) is -0.496. The van der Waals surface area contributed by atoms with E-state index in [2.05, 4.69) is 5.32 Å². The third-order valence-electron chi connectivity index (χ3n) is 6.30. The zero-order valence-electron chi connectivity index (χ0n) is 14.4. The van der Waals surface area contributed by atoms with Crippen molar-refractivity contribution in [1.82, 2.24) is 5.32 Å². The minimum atomic E-state index is -0.298. The number of carbonyl (C=O) groups is 3. The standard InChI is InChI=1S/C20H22FNO3/c1-11-15-8-12(9-17(23)14(15)4-5-16(11)21)2-3-13-10-20(6-7-20)19(25)22-18(13)24/h4-5,12-13H,2-3,6-10H2,1H3,(H,22,24,25). The maximum atomic E-state index is 13.8. The molecule has 5 heteroatoms. The van der Waals surface area contributed by atoms with E-state index in [-0.39, 0.29) is 40.7 Å². The molecule has 1 aromatic carbocycles. The summed E-state index contributed by atoms with van der Waals surface area (Å²) < 4.78 is 13.8. The highest BCUT2D eigenvalue weighted by Gasteiger charge is 2.55. The van der Waals surface area contributed by atoms with Crippen molar-refractivity contribution in [2.75, 3.05) is 0 Å². The van der Waals surface area contributed by atoms with Gasteiger partial charge in [0.05, 0.1) is 5.41 Å². The molecular weight excluding hydrogens is 321 g/mol. The number of imide groups is 1.